The minimum Gasteiger partial charge on any atom is -0.361 e. The van der Waals surface area contributed by atoms with E-state index in [0.717, 1.165) is 24.8 Å². The summed E-state index contributed by atoms with van der Waals surface area (Å²) in [5.41, 5.74) is 3.23. The number of benzene rings is 1. The first-order chi connectivity index (χ1) is 15.0. The van der Waals surface area contributed by atoms with Gasteiger partial charge >= 0.3 is 0 Å². The van der Waals surface area contributed by atoms with E-state index in [1.165, 1.54) is 29.4 Å². The standard InChI is InChI=1S/C25H29N3O3/c1-14(20-13-26-21-4-2-3-19(23(20)21)16-5-6-16)7-22(29)28-17-8-15-9-18(28)12-25(10-15,11-17)24(30)27-31/h2-4,13-18,26H,5-12H2,1H3. The van der Waals surface area contributed by atoms with E-state index in [1.54, 1.807) is 0 Å². The maximum absolute atomic E-state index is 13.5. The van der Waals surface area contributed by atoms with Crippen LogP contribution in [-0.2, 0) is 9.59 Å². The minimum absolute atomic E-state index is 0.0849. The molecule has 3 unspecified atom stereocenters. The SMILES string of the molecule is CC(CC(=O)N1C2CC3CC1CC(C(=O)N=O)(C3)C2)c1c[nH]c2cccc(C3CC3)c12. The van der Waals surface area contributed by atoms with Gasteiger partial charge in [0, 0.05) is 40.8 Å². The highest BCUT2D eigenvalue weighted by Crippen LogP contribution is 2.57. The molecular formula is C25H29N3O3. The van der Waals surface area contributed by atoms with Crippen molar-refractivity contribution in [2.45, 2.75) is 82.2 Å². The highest BCUT2D eigenvalue weighted by molar-refractivity contribution is 5.89. The number of piperidine rings is 2. The lowest BCUT2D eigenvalue weighted by molar-refractivity contribution is -0.166. The molecule has 3 aliphatic carbocycles. The summed E-state index contributed by atoms with van der Waals surface area (Å²) in [5.74, 6) is 0.944. The summed E-state index contributed by atoms with van der Waals surface area (Å²) in [6.45, 7) is 2.16. The van der Waals surface area contributed by atoms with Gasteiger partial charge in [-0.2, -0.15) is 0 Å². The molecule has 5 aliphatic rings. The maximum atomic E-state index is 13.5. The van der Waals surface area contributed by atoms with Crippen molar-refractivity contribution >= 4 is 22.7 Å². The molecule has 0 radical (unpaired) electrons. The molecule has 3 heterocycles. The first-order valence-corrected chi connectivity index (χ1v) is 11.8. The van der Waals surface area contributed by atoms with E-state index in [0.29, 0.717) is 31.1 Å². The first kappa shape index (κ1) is 19.2. The molecule has 4 bridgehead atoms. The Balaban J connectivity index is 1.24. The molecule has 2 aliphatic heterocycles. The van der Waals surface area contributed by atoms with Crippen LogP contribution in [-0.4, -0.2) is 33.8 Å². The van der Waals surface area contributed by atoms with Gasteiger partial charge in [0.1, 0.15) is 0 Å². The lowest BCUT2D eigenvalue weighted by Gasteiger charge is -2.60. The van der Waals surface area contributed by atoms with E-state index in [-0.39, 0.29) is 23.9 Å². The number of nitroso groups, excluding NO2 is 1. The largest absolute Gasteiger partial charge is 0.361 e. The fourth-order valence-electron chi connectivity index (χ4n) is 7.23. The second-order valence-corrected chi connectivity index (χ2v) is 10.6. The maximum Gasteiger partial charge on any atom is 0.292 e. The van der Waals surface area contributed by atoms with Gasteiger partial charge in [-0.3, -0.25) is 9.59 Å². The Labute approximate surface area is 181 Å². The van der Waals surface area contributed by atoms with Gasteiger partial charge in [-0.05, 0) is 79.9 Å². The van der Waals surface area contributed by atoms with Crippen LogP contribution in [0.4, 0.5) is 0 Å². The Kier molecular flexibility index (Phi) is 4.18. The lowest BCUT2D eigenvalue weighted by atomic mass is 9.55. The summed E-state index contributed by atoms with van der Waals surface area (Å²) in [6.07, 6.45) is 9.01. The van der Waals surface area contributed by atoms with E-state index in [4.69, 9.17) is 0 Å². The number of H-pyrrole nitrogens is 1. The average Bonchev–Trinajstić information content (AvgIpc) is 3.50. The van der Waals surface area contributed by atoms with E-state index >= 15 is 0 Å². The summed E-state index contributed by atoms with van der Waals surface area (Å²) in [6, 6.07) is 6.66. The van der Waals surface area contributed by atoms with Crippen molar-refractivity contribution in [3.05, 3.63) is 40.4 Å². The second kappa shape index (κ2) is 6.75. The Hall–Kier alpha value is -2.50. The number of amides is 2. The second-order valence-electron chi connectivity index (χ2n) is 10.6. The average molecular weight is 420 g/mol. The summed E-state index contributed by atoms with van der Waals surface area (Å²) in [7, 11) is 0. The van der Waals surface area contributed by atoms with E-state index in [1.807, 2.05) is 0 Å². The molecule has 162 valence electrons. The van der Waals surface area contributed by atoms with Gasteiger partial charge in [0.15, 0.2) is 0 Å². The summed E-state index contributed by atoms with van der Waals surface area (Å²) < 4.78 is 0. The molecule has 3 atom stereocenters. The highest BCUT2D eigenvalue weighted by atomic mass is 16.3. The number of hydrogen-bond acceptors (Lipinski definition) is 3. The molecule has 2 amide bonds. The van der Waals surface area contributed by atoms with Crippen molar-refractivity contribution in [2.75, 3.05) is 0 Å². The van der Waals surface area contributed by atoms with Gasteiger partial charge in [0.05, 0.1) is 5.41 Å². The molecule has 1 aromatic heterocycles. The number of aromatic nitrogens is 1. The molecule has 2 aromatic rings. The third-order valence-electron chi connectivity index (χ3n) is 8.55. The van der Waals surface area contributed by atoms with Crippen LogP contribution in [0.15, 0.2) is 29.6 Å². The molecule has 6 heteroatoms. The summed E-state index contributed by atoms with van der Waals surface area (Å²) in [4.78, 5) is 42.3. The topological polar surface area (TPSA) is 82.6 Å². The van der Waals surface area contributed by atoms with Crippen LogP contribution >= 0.6 is 0 Å². The summed E-state index contributed by atoms with van der Waals surface area (Å²) in [5, 5.41) is 4.10. The Bertz CT molecular complexity index is 1070. The molecule has 5 fully saturated rings. The molecule has 0 spiro atoms. The minimum atomic E-state index is -0.601. The van der Waals surface area contributed by atoms with Gasteiger partial charge in [-0.15, -0.1) is 4.91 Å². The third kappa shape index (κ3) is 2.90. The Morgan fingerprint density at radius 2 is 1.94 bits per heavy atom. The quantitative estimate of drug-likeness (QED) is 0.693. The van der Waals surface area contributed by atoms with Gasteiger partial charge in [0.2, 0.25) is 5.91 Å². The number of aromatic amines is 1. The molecule has 3 saturated carbocycles. The van der Waals surface area contributed by atoms with E-state index in [2.05, 4.69) is 46.4 Å². The number of carbonyl (C=O) groups is 2. The van der Waals surface area contributed by atoms with Gasteiger partial charge in [0.25, 0.3) is 5.91 Å². The number of rotatable bonds is 5. The van der Waals surface area contributed by atoms with E-state index < -0.39 is 11.3 Å². The van der Waals surface area contributed by atoms with Crippen LogP contribution in [0.1, 0.15) is 81.3 Å². The number of nitrogens with one attached hydrogen (secondary N) is 1. The van der Waals surface area contributed by atoms with Crippen LogP contribution in [0.2, 0.25) is 0 Å². The van der Waals surface area contributed by atoms with Crippen LogP contribution in [0, 0.1) is 16.2 Å². The molecule has 2 saturated heterocycles. The lowest BCUT2D eigenvalue weighted by Crippen LogP contribution is -2.64. The van der Waals surface area contributed by atoms with Gasteiger partial charge < -0.3 is 9.88 Å². The van der Waals surface area contributed by atoms with Crippen LogP contribution in [0.3, 0.4) is 0 Å². The molecule has 1 N–H and O–H groups in total. The number of nitrogens with zero attached hydrogens (tertiary/aromatic N) is 2. The zero-order valence-electron chi connectivity index (χ0n) is 18.0. The van der Waals surface area contributed by atoms with Gasteiger partial charge in [-0.25, -0.2) is 0 Å². The Morgan fingerprint density at radius 3 is 2.61 bits per heavy atom. The van der Waals surface area contributed by atoms with E-state index in [9.17, 15) is 14.5 Å². The molecule has 7 rings (SSSR count). The monoisotopic (exact) mass is 419 g/mol. The normalized spacial score (nSPS) is 32.4. The number of hydrogen-bond donors (Lipinski definition) is 1. The summed E-state index contributed by atoms with van der Waals surface area (Å²) >= 11 is 0. The molecule has 31 heavy (non-hydrogen) atoms. The molecule has 1 aromatic carbocycles. The Morgan fingerprint density at radius 1 is 1.19 bits per heavy atom. The van der Waals surface area contributed by atoms with Gasteiger partial charge in [-0.1, -0.05) is 19.1 Å². The smallest absolute Gasteiger partial charge is 0.292 e. The zero-order valence-corrected chi connectivity index (χ0v) is 18.0. The zero-order chi connectivity index (χ0) is 21.3. The molecular weight excluding hydrogens is 390 g/mol. The van der Waals surface area contributed by atoms with Crippen molar-refractivity contribution < 1.29 is 9.59 Å². The van der Waals surface area contributed by atoms with Crippen LogP contribution in [0.5, 0.6) is 0 Å². The van der Waals surface area contributed by atoms with Crippen molar-refractivity contribution in [2.24, 2.45) is 16.5 Å². The fraction of sp³-hybridized carbons (Fsp3) is 0.600. The fourth-order valence-corrected chi connectivity index (χ4v) is 7.23. The molecule has 6 nitrogen and oxygen atoms in total. The predicted octanol–water partition coefficient (Wildman–Crippen LogP) is 4.99. The highest BCUT2D eigenvalue weighted by Gasteiger charge is 2.59. The van der Waals surface area contributed by atoms with Crippen LogP contribution < -0.4 is 0 Å². The van der Waals surface area contributed by atoms with Crippen LogP contribution in [0.25, 0.3) is 10.9 Å². The third-order valence-corrected chi connectivity index (χ3v) is 8.55. The number of fused-ring (bicyclic) bond motifs is 1. The van der Waals surface area contributed by atoms with Crippen molar-refractivity contribution in [1.82, 2.24) is 9.88 Å². The van der Waals surface area contributed by atoms with Crippen molar-refractivity contribution in [3.63, 3.8) is 0 Å². The predicted molar refractivity (Wildman–Crippen MR) is 118 cm³/mol. The number of carbonyl (C=O) groups excluding carboxylic acids is 2. The first-order valence-electron chi connectivity index (χ1n) is 11.8. The van der Waals surface area contributed by atoms with Crippen molar-refractivity contribution in [3.8, 4) is 0 Å². The van der Waals surface area contributed by atoms with Crippen molar-refractivity contribution in [1.29, 1.82) is 0 Å².